The van der Waals surface area contributed by atoms with Crippen LogP contribution in [-0.4, -0.2) is 38.9 Å². The molecule has 0 aromatic heterocycles. The highest BCUT2D eigenvalue weighted by atomic mass is 16.5. The normalized spacial score (nSPS) is 16.4. The van der Waals surface area contributed by atoms with Gasteiger partial charge in [-0.2, -0.15) is 0 Å². The molecule has 1 amide bonds. The largest absolute Gasteiger partial charge is 0.497 e. The van der Waals surface area contributed by atoms with Gasteiger partial charge in [0.2, 0.25) is 0 Å². The summed E-state index contributed by atoms with van der Waals surface area (Å²) in [6.45, 7) is 0. The number of ketones is 1. The zero-order valence-electron chi connectivity index (χ0n) is 21.0. The molecule has 1 aliphatic heterocycles. The van der Waals surface area contributed by atoms with E-state index in [-0.39, 0.29) is 11.7 Å². The van der Waals surface area contributed by atoms with Crippen molar-refractivity contribution in [2.45, 2.75) is 12.1 Å². The maximum absolute atomic E-state index is 14.1. The predicted octanol–water partition coefficient (Wildman–Crippen LogP) is 5.79. The van der Waals surface area contributed by atoms with E-state index in [0.29, 0.717) is 28.3 Å². The van der Waals surface area contributed by atoms with Gasteiger partial charge in [-0.25, -0.2) is 0 Å². The lowest BCUT2D eigenvalue weighted by atomic mass is 9.89. The molecule has 2 atom stereocenters. The van der Waals surface area contributed by atoms with Crippen LogP contribution < -0.4 is 19.3 Å². The summed E-state index contributed by atoms with van der Waals surface area (Å²) in [6.07, 6.45) is -0.727. The SMILES string of the molecule is COc1ccc(C2Oc3ccccc3C(=O)C2N(C(=O)c2ccccc2)c2ccc(N(C)C)cc2)cc1. The van der Waals surface area contributed by atoms with Crippen molar-refractivity contribution in [3.63, 3.8) is 0 Å². The highest BCUT2D eigenvalue weighted by Crippen LogP contribution is 2.40. The Morgan fingerprint density at radius 1 is 0.784 bits per heavy atom. The maximum atomic E-state index is 14.1. The lowest BCUT2D eigenvalue weighted by Crippen LogP contribution is -2.52. The van der Waals surface area contributed by atoms with Gasteiger partial charge in [-0.1, -0.05) is 42.5 Å². The number of carbonyl (C=O) groups is 2. The second-order valence-electron chi connectivity index (χ2n) is 9.07. The molecule has 0 fully saturated rings. The molecular formula is C31H28N2O4. The molecule has 0 bridgehead atoms. The molecule has 37 heavy (non-hydrogen) atoms. The Morgan fingerprint density at radius 3 is 2.05 bits per heavy atom. The average Bonchev–Trinajstić information content (AvgIpc) is 2.95. The smallest absolute Gasteiger partial charge is 0.259 e. The highest BCUT2D eigenvalue weighted by Gasteiger charge is 2.44. The van der Waals surface area contributed by atoms with Gasteiger partial charge in [0.05, 0.1) is 12.7 Å². The van der Waals surface area contributed by atoms with Crippen molar-refractivity contribution in [3.05, 3.63) is 120 Å². The highest BCUT2D eigenvalue weighted by molar-refractivity contribution is 6.14. The molecular weight excluding hydrogens is 464 g/mol. The van der Waals surface area contributed by atoms with Crippen LogP contribution in [0.1, 0.15) is 32.4 Å². The third-order valence-corrected chi connectivity index (χ3v) is 6.57. The lowest BCUT2D eigenvalue weighted by molar-refractivity contribution is 0.0730. The quantitative estimate of drug-likeness (QED) is 0.341. The van der Waals surface area contributed by atoms with Crippen molar-refractivity contribution in [2.24, 2.45) is 0 Å². The summed E-state index contributed by atoms with van der Waals surface area (Å²) >= 11 is 0. The zero-order valence-corrected chi connectivity index (χ0v) is 21.0. The molecule has 0 spiro atoms. The van der Waals surface area contributed by atoms with Crippen molar-refractivity contribution in [1.82, 2.24) is 0 Å². The van der Waals surface area contributed by atoms with Crippen LogP contribution >= 0.6 is 0 Å². The number of hydrogen-bond donors (Lipinski definition) is 0. The summed E-state index contributed by atoms with van der Waals surface area (Å²) in [7, 11) is 5.51. The molecule has 6 heteroatoms. The molecule has 4 aromatic rings. The number of ether oxygens (including phenoxy) is 2. The van der Waals surface area contributed by atoms with Gasteiger partial charge in [0, 0.05) is 31.0 Å². The number of Topliss-reactive ketones (excluding diaryl/α,β-unsaturated/α-hetero) is 1. The first kappa shape index (κ1) is 24.1. The number of methoxy groups -OCH3 is 1. The van der Waals surface area contributed by atoms with E-state index < -0.39 is 12.1 Å². The molecule has 6 nitrogen and oxygen atoms in total. The van der Waals surface area contributed by atoms with E-state index in [1.54, 1.807) is 42.3 Å². The van der Waals surface area contributed by atoms with Gasteiger partial charge < -0.3 is 14.4 Å². The van der Waals surface area contributed by atoms with E-state index in [1.165, 1.54) is 0 Å². The van der Waals surface area contributed by atoms with Crippen LogP contribution in [0, 0.1) is 0 Å². The Kier molecular flexibility index (Phi) is 6.64. The van der Waals surface area contributed by atoms with Crippen molar-refractivity contribution in [3.8, 4) is 11.5 Å². The zero-order chi connectivity index (χ0) is 25.9. The van der Waals surface area contributed by atoms with Crippen molar-refractivity contribution < 1.29 is 19.1 Å². The average molecular weight is 493 g/mol. The Balaban J connectivity index is 1.68. The fraction of sp³-hybridized carbons (Fsp3) is 0.161. The molecule has 0 N–H and O–H groups in total. The summed E-state index contributed by atoms with van der Waals surface area (Å²) in [4.78, 5) is 31.8. The summed E-state index contributed by atoms with van der Waals surface area (Å²) in [5.41, 5.74) is 3.30. The second-order valence-corrected chi connectivity index (χ2v) is 9.07. The fourth-order valence-corrected chi connectivity index (χ4v) is 4.60. The van der Waals surface area contributed by atoms with Gasteiger partial charge in [-0.15, -0.1) is 0 Å². The van der Waals surface area contributed by atoms with Crippen LogP contribution in [-0.2, 0) is 0 Å². The van der Waals surface area contributed by atoms with E-state index in [9.17, 15) is 9.59 Å². The van der Waals surface area contributed by atoms with E-state index in [0.717, 1.165) is 11.3 Å². The van der Waals surface area contributed by atoms with Gasteiger partial charge in [0.25, 0.3) is 5.91 Å². The van der Waals surface area contributed by atoms with Crippen molar-refractivity contribution in [1.29, 1.82) is 0 Å². The number of rotatable bonds is 6. The minimum atomic E-state index is -0.929. The number of hydrogen-bond acceptors (Lipinski definition) is 5. The Labute approximate surface area is 216 Å². The van der Waals surface area contributed by atoms with E-state index in [4.69, 9.17) is 9.47 Å². The predicted molar refractivity (Wildman–Crippen MR) is 145 cm³/mol. The van der Waals surface area contributed by atoms with Crippen LogP contribution in [0.25, 0.3) is 0 Å². The van der Waals surface area contributed by atoms with Crippen molar-refractivity contribution >= 4 is 23.1 Å². The summed E-state index contributed by atoms with van der Waals surface area (Å²) in [5, 5.41) is 0. The number of anilines is 2. The third kappa shape index (κ3) is 4.66. The molecule has 1 aliphatic rings. The van der Waals surface area contributed by atoms with Crippen LogP contribution in [0.5, 0.6) is 11.5 Å². The molecule has 186 valence electrons. The van der Waals surface area contributed by atoms with E-state index >= 15 is 0 Å². The van der Waals surface area contributed by atoms with Crippen LogP contribution in [0.3, 0.4) is 0 Å². The fourth-order valence-electron chi connectivity index (χ4n) is 4.60. The van der Waals surface area contributed by atoms with Gasteiger partial charge in [-0.05, 0) is 66.2 Å². The number of amides is 1. The third-order valence-electron chi connectivity index (χ3n) is 6.57. The van der Waals surface area contributed by atoms with Crippen molar-refractivity contribution in [2.75, 3.05) is 31.0 Å². The molecule has 0 saturated carbocycles. The van der Waals surface area contributed by atoms with Gasteiger partial charge in [0.1, 0.15) is 17.5 Å². The summed E-state index contributed by atoms with van der Waals surface area (Å²) in [6, 6.07) is 30.3. The second kappa shape index (κ2) is 10.2. The van der Waals surface area contributed by atoms with Crippen LogP contribution in [0.15, 0.2) is 103 Å². The summed E-state index contributed by atoms with van der Waals surface area (Å²) in [5.74, 6) is 0.737. The van der Waals surface area contributed by atoms with Gasteiger partial charge in [0.15, 0.2) is 11.9 Å². The van der Waals surface area contributed by atoms with Gasteiger partial charge >= 0.3 is 0 Å². The first-order chi connectivity index (χ1) is 18.0. The van der Waals surface area contributed by atoms with Gasteiger partial charge in [-0.3, -0.25) is 14.5 Å². The maximum Gasteiger partial charge on any atom is 0.259 e. The molecule has 2 unspecified atom stereocenters. The first-order valence-corrected chi connectivity index (χ1v) is 12.1. The molecule has 4 aromatic carbocycles. The molecule has 1 heterocycles. The molecule has 0 saturated heterocycles. The Morgan fingerprint density at radius 2 is 1.41 bits per heavy atom. The number of benzene rings is 4. The first-order valence-electron chi connectivity index (χ1n) is 12.1. The molecule has 0 radical (unpaired) electrons. The summed E-state index contributed by atoms with van der Waals surface area (Å²) < 4.78 is 11.8. The standard InChI is InChI=1S/C31H28N2O4/c1-32(2)23-15-17-24(18-16-23)33(31(35)22-9-5-4-6-10-22)28-29(34)26-11-7-8-12-27(26)37-30(28)21-13-19-25(36-3)20-14-21/h4-20,28,30H,1-3H3. The minimum absolute atomic E-state index is 0.177. The number of carbonyl (C=O) groups excluding carboxylic acids is 2. The number of fused-ring (bicyclic) bond motifs is 1. The topological polar surface area (TPSA) is 59.1 Å². The molecule has 0 aliphatic carbocycles. The number of para-hydroxylation sites is 1. The Bertz CT molecular complexity index is 1400. The minimum Gasteiger partial charge on any atom is -0.497 e. The monoisotopic (exact) mass is 492 g/mol. The molecule has 5 rings (SSSR count). The lowest BCUT2D eigenvalue weighted by Gasteiger charge is -2.39. The van der Waals surface area contributed by atoms with Crippen LogP contribution in [0.4, 0.5) is 11.4 Å². The number of nitrogens with zero attached hydrogens (tertiary/aromatic N) is 2. The van der Waals surface area contributed by atoms with E-state index in [1.807, 2.05) is 91.8 Å². The van der Waals surface area contributed by atoms with E-state index in [2.05, 4.69) is 0 Å². The van der Waals surface area contributed by atoms with Crippen LogP contribution in [0.2, 0.25) is 0 Å². The Hall–Kier alpha value is -4.58.